The minimum Gasteiger partial charge on any atom is -0.487 e. The smallest absolute Gasteiger partial charge is 0.309 e. The van der Waals surface area contributed by atoms with E-state index in [-0.39, 0.29) is 4.75 Å². The summed E-state index contributed by atoms with van der Waals surface area (Å²) in [5, 5.41) is 11.2. The van der Waals surface area contributed by atoms with Gasteiger partial charge in [-0.25, -0.2) is 4.98 Å². The minimum absolute atomic E-state index is 0.0964. The van der Waals surface area contributed by atoms with Gasteiger partial charge in [0.25, 0.3) is 0 Å². The summed E-state index contributed by atoms with van der Waals surface area (Å²) in [6.07, 6.45) is 3.92. The van der Waals surface area contributed by atoms with Crippen molar-refractivity contribution in [2.75, 3.05) is 5.73 Å². The van der Waals surface area contributed by atoms with Crippen LogP contribution in [-0.2, 0) is 24.4 Å². The fraction of sp³-hybridized carbons (Fsp3) is 0.286. The molecule has 222 valence electrons. The number of benzene rings is 2. The molecule has 7 nitrogen and oxygen atoms in total. The molecule has 3 heterocycles. The van der Waals surface area contributed by atoms with Gasteiger partial charge in [-0.3, -0.25) is 9.78 Å². The van der Waals surface area contributed by atoms with Gasteiger partial charge >= 0.3 is 5.97 Å². The molecule has 0 radical (unpaired) electrons. The lowest BCUT2D eigenvalue weighted by Crippen LogP contribution is -2.28. The summed E-state index contributed by atoms with van der Waals surface area (Å²) in [5.41, 5.74) is 10.9. The number of hydrogen-bond donors (Lipinski definition) is 2. The summed E-state index contributed by atoms with van der Waals surface area (Å²) in [7, 11) is 0. The number of carboxylic acids is 1. The average Bonchev–Trinajstić information content (AvgIpc) is 3.22. The van der Waals surface area contributed by atoms with Crippen LogP contribution in [-0.4, -0.2) is 30.4 Å². The van der Waals surface area contributed by atoms with E-state index in [4.69, 9.17) is 10.5 Å². The third kappa shape index (κ3) is 7.20. The van der Waals surface area contributed by atoms with Crippen molar-refractivity contribution in [2.45, 2.75) is 63.8 Å². The molecule has 0 atom stereocenters. The number of nitrogens with zero attached hydrogens (tertiary/aromatic N) is 3. The number of thioether (sulfide) groups is 1. The van der Waals surface area contributed by atoms with Crippen LogP contribution in [0, 0.1) is 5.41 Å². The Morgan fingerprint density at radius 2 is 1.70 bits per heavy atom. The standard InChI is InChI=1S/C35H38N4O3S/c1-34(2,3)43-32-28-18-27(42-22-26-8-6-7-17-37-26)14-15-29(28)39(30(32)19-35(4,5)33(40)41)21-23-9-11-24(12-10-23)25-13-16-31(36)38-20-25/h6-18,20H,19,21-22H2,1-5H3,(H2,36,38)(H,40,41). The summed E-state index contributed by atoms with van der Waals surface area (Å²) in [4.78, 5) is 22.0. The number of pyridine rings is 2. The quantitative estimate of drug-likeness (QED) is 0.159. The van der Waals surface area contributed by atoms with Gasteiger partial charge in [-0.05, 0) is 67.4 Å². The topological polar surface area (TPSA) is 103 Å². The third-order valence-electron chi connectivity index (χ3n) is 7.22. The van der Waals surface area contributed by atoms with Gasteiger partial charge in [0, 0.05) is 57.2 Å². The molecule has 0 saturated heterocycles. The van der Waals surface area contributed by atoms with Crippen LogP contribution in [0.25, 0.3) is 22.0 Å². The van der Waals surface area contributed by atoms with Crippen molar-refractivity contribution >= 4 is 34.5 Å². The Hall–Kier alpha value is -4.30. The molecule has 0 bridgehead atoms. The Balaban J connectivity index is 1.58. The van der Waals surface area contributed by atoms with Crippen LogP contribution in [0.4, 0.5) is 5.82 Å². The highest BCUT2D eigenvalue weighted by Gasteiger charge is 2.33. The van der Waals surface area contributed by atoms with E-state index < -0.39 is 11.4 Å². The molecule has 0 aliphatic carbocycles. The molecule has 5 aromatic rings. The van der Waals surface area contributed by atoms with Crippen LogP contribution < -0.4 is 10.5 Å². The predicted octanol–water partition coefficient (Wildman–Crippen LogP) is 7.85. The molecule has 0 saturated carbocycles. The molecule has 3 N–H and O–H groups in total. The summed E-state index contributed by atoms with van der Waals surface area (Å²) in [6, 6.07) is 24.1. The second-order valence-electron chi connectivity index (χ2n) is 12.4. The number of carboxylic acid groups (broad SMARTS) is 1. The van der Waals surface area contributed by atoms with Crippen molar-refractivity contribution in [1.82, 2.24) is 14.5 Å². The molecule has 8 heteroatoms. The first kappa shape index (κ1) is 30.2. The largest absolute Gasteiger partial charge is 0.487 e. The van der Waals surface area contributed by atoms with Gasteiger partial charge in [-0.15, -0.1) is 11.8 Å². The molecule has 0 fully saturated rings. The fourth-order valence-electron chi connectivity index (χ4n) is 4.92. The molecule has 0 amide bonds. The van der Waals surface area contributed by atoms with Crippen molar-refractivity contribution in [3.05, 3.63) is 102 Å². The number of fused-ring (bicyclic) bond motifs is 1. The summed E-state index contributed by atoms with van der Waals surface area (Å²) < 4.78 is 8.34. The molecular formula is C35H38N4O3S. The van der Waals surface area contributed by atoms with E-state index in [2.05, 4.69) is 71.7 Å². The maximum absolute atomic E-state index is 12.3. The summed E-state index contributed by atoms with van der Waals surface area (Å²) in [5.74, 6) is 0.416. The fourth-order valence-corrected chi connectivity index (χ4v) is 6.10. The Morgan fingerprint density at radius 3 is 2.33 bits per heavy atom. The van der Waals surface area contributed by atoms with Gasteiger partial charge in [0.2, 0.25) is 0 Å². The lowest BCUT2D eigenvalue weighted by molar-refractivity contribution is -0.146. The number of carbonyl (C=O) groups is 1. The van der Waals surface area contributed by atoms with E-state index in [1.54, 1.807) is 44.1 Å². The van der Waals surface area contributed by atoms with Crippen molar-refractivity contribution in [2.24, 2.45) is 5.41 Å². The van der Waals surface area contributed by atoms with E-state index in [9.17, 15) is 9.90 Å². The second kappa shape index (κ2) is 12.1. The Morgan fingerprint density at radius 1 is 0.953 bits per heavy atom. The predicted molar refractivity (Wildman–Crippen MR) is 174 cm³/mol. The molecule has 5 rings (SSSR count). The third-order valence-corrected chi connectivity index (χ3v) is 8.49. The molecule has 0 aliphatic heterocycles. The van der Waals surface area contributed by atoms with Gasteiger partial charge < -0.3 is 20.1 Å². The van der Waals surface area contributed by atoms with Crippen molar-refractivity contribution in [1.29, 1.82) is 0 Å². The van der Waals surface area contributed by atoms with Crippen molar-refractivity contribution in [3.63, 3.8) is 0 Å². The number of ether oxygens (including phenoxy) is 1. The molecule has 0 spiro atoms. The molecule has 2 aromatic carbocycles. The summed E-state index contributed by atoms with van der Waals surface area (Å²) >= 11 is 1.77. The van der Waals surface area contributed by atoms with E-state index in [0.717, 1.165) is 49.6 Å². The van der Waals surface area contributed by atoms with Crippen LogP contribution in [0.15, 0.2) is 90.1 Å². The lowest BCUT2D eigenvalue weighted by Gasteiger charge is -2.24. The first-order valence-corrected chi connectivity index (χ1v) is 15.1. The van der Waals surface area contributed by atoms with Crippen LogP contribution in [0.5, 0.6) is 5.75 Å². The van der Waals surface area contributed by atoms with E-state index >= 15 is 0 Å². The Bertz CT molecular complexity index is 1720. The second-order valence-corrected chi connectivity index (χ2v) is 14.2. The highest BCUT2D eigenvalue weighted by molar-refractivity contribution is 8.00. The van der Waals surface area contributed by atoms with Crippen LogP contribution >= 0.6 is 11.8 Å². The molecule has 0 unspecified atom stereocenters. The number of aliphatic carboxylic acids is 1. The molecule has 3 aromatic heterocycles. The zero-order valence-electron chi connectivity index (χ0n) is 25.3. The number of rotatable bonds is 10. The zero-order valence-corrected chi connectivity index (χ0v) is 26.1. The number of nitrogen functional groups attached to an aromatic ring is 1. The number of nitrogens with two attached hydrogens (primary N) is 1. The van der Waals surface area contributed by atoms with E-state index in [1.807, 2.05) is 30.3 Å². The zero-order chi connectivity index (χ0) is 30.8. The van der Waals surface area contributed by atoms with Crippen LogP contribution in [0.1, 0.15) is 51.6 Å². The Kier molecular flexibility index (Phi) is 8.51. The maximum Gasteiger partial charge on any atom is 0.309 e. The van der Waals surface area contributed by atoms with Gasteiger partial charge in [-0.2, -0.15) is 0 Å². The normalized spacial score (nSPS) is 12.0. The SMILES string of the molecule is CC(C)(C)Sc1c(CC(C)(C)C(=O)O)n(Cc2ccc(-c3ccc(N)nc3)cc2)c2ccc(OCc3ccccn3)cc12. The average molecular weight is 595 g/mol. The minimum atomic E-state index is -0.955. The highest BCUT2D eigenvalue weighted by atomic mass is 32.2. The van der Waals surface area contributed by atoms with Gasteiger partial charge in [0.1, 0.15) is 18.2 Å². The van der Waals surface area contributed by atoms with Crippen molar-refractivity contribution < 1.29 is 14.6 Å². The van der Waals surface area contributed by atoms with Crippen molar-refractivity contribution in [3.8, 4) is 16.9 Å². The number of anilines is 1. The Labute approximate surface area is 257 Å². The van der Waals surface area contributed by atoms with Gasteiger partial charge in [-0.1, -0.05) is 51.1 Å². The highest BCUT2D eigenvalue weighted by Crippen LogP contribution is 2.44. The number of aromatic nitrogens is 3. The number of hydrogen-bond acceptors (Lipinski definition) is 6. The van der Waals surface area contributed by atoms with E-state index in [0.29, 0.717) is 25.4 Å². The monoisotopic (exact) mass is 594 g/mol. The first-order valence-electron chi connectivity index (χ1n) is 14.3. The maximum atomic E-state index is 12.3. The lowest BCUT2D eigenvalue weighted by atomic mass is 9.88. The van der Waals surface area contributed by atoms with Gasteiger partial charge in [0.05, 0.1) is 11.1 Å². The van der Waals surface area contributed by atoms with Crippen LogP contribution in [0.3, 0.4) is 0 Å². The van der Waals surface area contributed by atoms with Gasteiger partial charge in [0.15, 0.2) is 0 Å². The molecule has 43 heavy (non-hydrogen) atoms. The first-order chi connectivity index (χ1) is 20.4. The van der Waals surface area contributed by atoms with E-state index in [1.165, 1.54) is 0 Å². The molecule has 0 aliphatic rings. The molecular weight excluding hydrogens is 556 g/mol. The van der Waals surface area contributed by atoms with Crippen LogP contribution in [0.2, 0.25) is 0 Å². The summed E-state index contributed by atoms with van der Waals surface area (Å²) in [6.45, 7) is 11.1.